The molecule has 1 aliphatic rings. The third-order valence-electron chi connectivity index (χ3n) is 6.26. The first-order chi connectivity index (χ1) is 19.3. The first-order valence-corrected chi connectivity index (χ1v) is 17.4. The number of hydrogen-bond donors (Lipinski definition) is 1. The molecule has 1 fully saturated rings. The molecule has 4 atom stereocenters. The second-order valence-electron chi connectivity index (χ2n) is 11.6. The highest BCUT2D eigenvalue weighted by Gasteiger charge is 2.43. The van der Waals surface area contributed by atoms with Gasteiger partial charge in [0.15, 0.2) is 12.6 Å². The van der Waals surface area contributed by atoms with Gasteiger partial charge in [-0.3, -0.25) is 0 Å². The van der Waals surface area contributed by atoms with Crippen molar-refractivity contribution in [1.29, 1.82) is 0 Å². The second-order valence-corrected chi connectivity index (χ2v) is 17.3. The molecule has 0 bridgehead atoms. The van der Waals surface area contributed by atoms with Crippen molar-refractivity contribution in [3.05, 3.63) is 51.9 Å². The van der Waals surface area contributed by atoms with Gasteiger partial charge in [-0.1, -0.05) is 56.0 Å². The first-order valence-electron chi connectivity index (χ1n) is 13.7. The van der Waals surface area contributed by atoms with E-state index in [-0.39, 0.29) is 18.3 Å². The summed E-state index contributed by atoms with van der Waals surface area (Å²) >= 11 is 0. The van der Waals surface area contributed by atoms with E-state index in [0.717, 1.165) is 6.04 Å². The molecule has 1 aliphatic heterocycles. The van der Waals surface area contributed by atoms with Crippen LogP contribution in [0.25, 0.3) is 16.5 Å². The SMILES string of the molecule is COCOc1cc(OC)cc(/C=C/C[C@@H]2OC(C)(C)OC2C(O)/C=C\[C@H](C)CN=[N+]=[N-])c1C(=O)OCC[Si](C)(C)C. The van der Waals surface area contributed by atoms with Crippen LogP contribution >= 0.6 is 0 Å². The molecule has 11 nitrogen and oxygen atoms in total. The van der Waals surface area contributed by atoms with E-state index in [1.807, 2.05) is 13.0 Å². The zero-order valence-electron chi connectivity index (χ0n) is 25.5. The average Bonchev–Trinajstić information content (AvgIpc) is 3.22. The number of hydrogen-bond acceptors (Lipinski definition) is 9. The molecule has 12 heteroatoms. The van der Waals surface area contributed by atoms with Gasteiger partial charge < -0.3 is 33.5 Å². The molecule has 0 amide bonds. The standard InChI is InChI=1S/C29H45N3O8Si/c1-20(18-31-32-30)12-13-23(33)27-24(39-29(2,3)40-27)11-9-10-21-16-22(36-5)17-25(38-19-35-4)26(21)28(34)37-14-15-41(6,7)8/h9-10,12-13,16-17,20,23-24,27,33H,11,14-15,18-19H2,1-8H3/b10-9+,13-12-/t20-,23?,24-,27?/m0/s1. The third kappa shape index (κ3) is 11.5. The first kappa shape index (κ1) is 34.3. The quantitative estimate of drug-likeness (QED) is 0.0472. The fourth-order valence-corrected chi connectivity index (χ4v) is 4.85. The topological polar surface area (TPSA) is 141 Å². The van der Waals surface area contributed by atoms with Gasteiger partial charge >= 0.3 is 5.97 Å². The van der Waals surface area contributed by atoms with Crippen LogP contribution in [0.15, 0.2) is 35.5 Å². The summed E-state index contributed by atoms with van der Waals surface area (Å²) in [7, 11) is 1.63. The van der Waals surface area contributed by atoms with Crippen molar-refractivity contribution in [3.8, 4) is 11.5 Å². The molecule has 1 aromatic carbocycles. The van der Waals surface area contributed by atoms with Crippen molar-refractivity contribution in [3.63, 3.8) is 0 Å². The zero-order valence-corrected chi connectivity index (χ0v) is 26.5. The highest BCUT2D eigenvalue weighted by atomic mass is 28.3. The predicted molar refractivity (Wildman–Crippen MR) is 160 cm³/mol. The minimum absolute atomic E-state index is 0.0410. The monoisotopic (exact) mass is 591 g/mol. The van der Waals surface area contributed by atoms with E-state index >= 15 is 0 Å². The van der Waals surface area contributed by atoms with E-state index in [0.29, 0.717) is 36.6 Å². The van der Waals surface area contributed by atoms with Crippen LogP contribution in [0.4, 0.5) is 0 Å². The van der Waals surface area contributed by atoms with Gasteiger partial charge in [0.1, 0.15) is 29.3 Å². The van der Waals surface area contributed by atoms with Gasteiger partial charge in [-0.05, 0) is 49.4 Å². The smallest absolute Gasteiger partial charge is 0.342 e. The van der Waals surface area contributed by atoms with Crippen molar-refractivity contribution in [2.24, 2.45) is 11.0 Å². The van der Waals surface area contributed by atoms with Gasteiger partial charge in [0, 0.05) is 32.7 Å². The van der Waals surface area contributed by atoms with Gasteiger partial charge in [-0.15, -0.1) is 0 Å². The lowest BCUT2D eigenvalue weighted by molar-refractivity contribution is -0.152. The summed E-state index contributed by atoms with van der Waals surface area (Å²) in [4.78, 5) is 16.0. The van der Waals surface area contributed by atoms with E-state index in [2.05, 4.69) is 29.7 Å². The minimum Gasteiger partial charge on any atom is -0.497 e. The largest absolute Gasteiger partial charge is 0.497 e. The summed E-state index contributed by atoms with van der Waals surface area (Å²) in [6.45, 7) is 12.7. The van der Waals surface area contributed by atoms with Crippen molar-refractivity contribution in [1.82, 2.24) is 0 Å². The summed E-state index contributed by atoms with van der Waals surface area (Å²) in [5.74, 6) is -0.632. The van der Waals surface area contributed by atoms with Crippen LogP contribution in [0, 0.1) is 5.92 Å². The molecule has 1 saturated heterocycles. The number of benzene rings is 1. The number of carbonyl (C=O) groups excluding carboxylic acids is 1. The predicted octanol–water partition coefficient (Wildman–Crippen LogP) is 5.96. The minimum atomic E-state index is -1.40. The summed E-state index contributed by atoms with van der Waals surface area (Å²) in [5, 5.41) is 14.4. The molecule has 2 unspecified atom stereocenters. The molecule has 0 radical (unpaired) electrons. The lowest BCUT2D eigenvalue weighted by Gasteiger charge is -2.20. The van der Waals surface area contributed by atoms with Crippen LogP contribution in [-0.2, 0) is 18.9 Å². The summed E-state index contributed by atoms with van der Waals surface area (Å²) < 4.78 is 34.0. The molecule has 228 valence electrons. The average molecular weight is 592 g/mol. The van der Waals surface area contributed by atoms with E-state index in [4.69, 9.17) is 34.0 Å². The van der Waals surface area contributed by atoms with E-state index in [1.165, 1.54) is 14.2 Å². The van der Waals surface area contributed by atoms with E-state index in [9.17, 15) is 9.90 Å². The molecule has 0 spiro atoms. The molecule has 2 rings (SSSR count). The maximum Gasteiger partial charge on any atom is 0.342 e. The van der Waals surface area contributed by atoms with Crippen molar-refractivity contribution in [2.45, 2.75) is 77.0 Å². The number of aliphatic hydroxyl groups excluding tert-OH is 1. The number of rotatable bonds is 16. The third-order valence-corrected chi connectivity index (χ3v) is 7.96. The number of methoxy groups -OCH3 is 2. The van der Waals surface area contributed by atoms with Crippen molar-refractivity contribution >= 4 is 20.1 Å². The van der Waals surface area contributed by atoms with Crippen molar-refractivity contribution in [2.75, 3.05) is 34.2 Å². The Balaban J connectivity index is 2.30. The zero-order chi connectivity index (χ0) is 30.6. The number of esters is 1. The van der Waals surface area contributed by atoms with Gasteiger partial charge in [0.2, 0.25) is 0 Å². The number of azide groups is 1. The second kappa shape index (κ2) is 16.0. The van der Waals surface area contributed by atoms with E-state index in [1.54, 1.807) is 44.2 Å². The molecule has 41 heavy (non-hydrogen) atoms. The van der Waals surface area contributed by atoms with Crippen molar-refractivity contribution < 1.29 is 38.3 Å². The lowest BCUT2D eigenvalue weighted by Crippen LogP contribution is -2.34. The van der Waals surface area contributed by atoms with Crippen LogP contribution in [0.1, 0.15) is 43.1 Å². The number of aliphatic hydroxyl groups is 1. The number of ether oxygens (including phenoxy) is 6. The summed E-state index contributed by atoms with van der Waals surface area (Å²) in [6, 6.07) is 4.20. The van der Waals surface area contributed by atoms with Crippen LogP contribution in [-0.4, -0.2) is 77.4 Å². The molecule has 1 aromatic rings. The van der Waals surface area contributed by atoms with Crippen LogP contribution in [0.2, 0.25) is 25.7 Å². The molecule has 1 heterocycles. The maximum absolute atomic E-state index is 13.3. The van der Waals surface area contributed by atoms with Gasteiger partial charge in [0.25, 0.3) is 0 Å². The molecule has 0 aliphatic carbocycles. The maximum atomic E-state index is 13.3. The van der Waals surface area contributed by atoms with Gasteiger partial charge in [-0.2, -0.15) is 0 Å². The van der Waals surface area contributed by atoms with E-state index < -0.39 is 38.1 Å². The Hall–Kier alpha value is -2.86. The summed E-state index contributed by atoms with van der Waals surface area (Å²) in [5.41, 5.74) is 9.34. The van der Waals surface area contributed by atoms with Crippen LogP contribution < -0.4 is 9.47 Å². The Morgan fingerprint density at radius 2 is 1.98 bits per heavy atom. The van der Waals surface area contributed by atoms with Crippen LogP contribution in [0.5, 0.6) is 11.5 Å². The van der Waals surface area contributed by atoms with Gasteiger partial charge in [0.05, 0.1) is 19.8 Å². The fraction of sp³-hybridized carbons (Fsp3) is 0.621. The Kier molecular flexibility index (Phi) is 13.4. The Morgan fingerprint density at radius 3 is 2.61 bits per heavy atom. The number of nitrogens with zero attached hydrogens (tertiary/aromatic N) is 3. The Labute approximate surface area is 244 Å². The lowest BCUT2D eigenvalue weighted by atomic mass is 10.0. The van der Waals surface area contributed by atoms with Crippen LogP contribution in [0.3, 0.4) is 0 Å². The van der Waals surface area contributed by atoms with Gasteiger partial charge in [-0.25, -0.2) is 4.79 Å². The molecular weight excluding hydrogens is 546 g/mol. The molecule has 1 N–H and O–H groups in total. The molecule has 0 aromatic heterocycles. The molecular formula is C29H45N3O8Si. The molecule has 0 saturated carbocycles. The summed E-state index contributed by atoms with van der Waals surface area (Å²) in [6.07, 6.45) is 5.43. The highest BCUT2D eigenvalue weighted by Crippen LogP contribution is 2.34. The Bertz CT molecular complexity index is 1110. The number of carbonyl (C=O) groups is 1. The normalized spacial score (nSPS) is 20.1. The fourth-order valence-electron chi connectivity index (χ4n) is 4.14. The highest BCUT2D eigenvalue weighted by molar-refractivity contribution is 6.76. The Morgan fingerprint density at radius 1 is 1.24 bits per heavy atom.